The van der Waals surface area contributed by atoms with Crippen LogP contribution in [0.25, 0.3) is 0 Å². The normalized spacial score (nSPS) is 12.1. The third-order valence-electron chi connectivity index (χ3n) is 3.03. The molecule has 21 heavy (non-hydrogen) atoms. The molecule has 0 radical (unpaired) electrons. The number of hydrogen-bond donors (Lipinski definition) is 1. The van der Waals surface area contributed by atoms with Crippen molar-refractivity contribution in [3.63, 3.8) is 0 Å². The van der Waals surface area contributed by atoms with E-state index in [1.807, 2.05) is 83.3 Å². The summed E-state index contributed by atoms with van der Waals surface area (Å²) in [4.78, 5) is 12.0. The Morgan fingerprint density at radius 1 is 1.00 bits per heavy atom. The summed E-state index contributed by atoms with van der Waals surface area (Å²) in [5, 5.41) is 9.57. The Balaban J connectivity index is 2.19. The molecule has 0 aromatic heterocycles. The van der Waals surface area contributed by atoms with Gasteiger partial charge in [0.25, 0.3) is 0 Å². The quantitative estimate of drug-likeness (QED) is 0.462. The Morgan fingerprint density at radius 2 is 1.48 bits per heavy atom. The molecule has 0 aliphatic carbocycles. The van der Waals surface area contributed by atoms with Crippen molar-refractivity contribution >= 4 is 28.6 Å². The molecule has 3 nitrogen and oxygen atoms in total. The number of benzene rings is 2. The molecule has 110 valence electrons. The van der Waals surface area contributed by atoms with Crippen molar-refractivity contribution in [2.75, 3.05) is 4.43 Å². The maximum absolute atomic E-state index is 12.0. The highest BCUT2D eigenvalue weighted by Gasteiger charge is 2.20. The van der Waals surface area contributed by atoms with Crippen molar-refractivity contribution in [3.8, 4) is 0 Å². The van der Waals surface area contributed by atoms with E-state index in [9.17, 15) is 9.90 Å². The minimum Gasteiger partial charge on any atom is -0.452 e. The summed E-state index contributed by atoms with van der Waals surface area (Å²) in [6, 6.07) is 19.2. The van der Waals surface area contributed by atoms with Gasteiger partial charge in [-0.25, -0.2) is 0 Å². The Morgan fingerprint density at radius 3 is 1.90 bits per heavy atom. The van der Waals surface area contributed by atoms with Crippen molar-refractivity contribution < 1.29 is 14.6 Å². The van der Waals surface area contributed by atoms with Crippen molar-refractivity contribution in [2.45, 2.75) is 18.6 Å². The lowest BCUT2D eigenvalue weighted by atomic mass is 10.0. The van der Waals surface area contributed by atoms with Crippen molar-refractivity contribution in [1.82, 2.24) is 0 Å². The van der Waals surface area contributed by atoms with Crippen LogP contribution in [0.1, 0.15) is 23.7 Å². The number of carbonyl (C=O) groups excluding carboxylic acids is 1. The highest BCUT2D eigenvalue weighted by Crippen LogP contribution is 2.26. The first kappa shape index (κ1) is 16.0. The van der Waals surface area contributed by atoms with E-state index in [0.717, 1.165) is 11.1 Å². The molecule has 1 unspecified atom stereocenters. The van der Waals surface area contributed by atoms with E-state index < -0.39 is 18.2 Å². The number of aliphatic hydroxyl groups excluding tert-OH is 1. The first-order chi connectivity index (χ1) is 10.2. The Hall–Kier alpha value is -1.40. The number of ether oxygens (including phenoxy) is 1. The molecule has 0 heterocycles. The summed E-state index contributed by atoms with van der Waals surface area (Å²) in [7, 11) is 0. The van der Waals surface area contributed by atoms with Gasteiger partial charge in [-0.3, -0.25) is 4.79 Å². The van der Waals surface area contributed by atoms with Crippen molar-refractivity contribution in [1.29, 1.82) is 0 Å². The minimum atomic E-state index is -0.662. The number of alkyl halides is 1. The van der Waals surface area contributed by atoms with Gasteiger partial charge in [-0.1, -0.05) is 83.3 Å². The van der Waals surface area contributed by atoms with E-state index in [0.29, 0.717) is 4.43 Å². The van der Waals surface area contributed by atoms with Gasteiger partial charge in [-0.2, -0.15) is 0 Å². The standard InChI is InChI=1S/C17H17IO3/c18-12-15(19)11-16(20)21-17(13-7-3-1-4-8-13)14-9-5-2-6-10-14/h1-10,15,17,19H,11-12H2. The van der Waals surface area contributed by atoms with Gasteiger partial charge in [-0.15, -0.1) is 0 Å². The van der Waals surface area contributed by atoms with Gasteiger partial charge < -0.3 is 9.84 Å². The maximum Gasteiger partial charge on any atom is 0.309 e. The Labute approximate surface area is 138 Å². The fourth-order valence-corrected chi connectivity index (χ4v) is 2.32. The van der Waals surface area contributed by atoms with Crippen molar-refractivity contribution in [3.05, 3.63) is 71.8 Å². The van der Waals surface area contributed by atoms with Crippen LogP contribution in [0.15, 0.2) is 60.7 Å². The molecule has 1 atom stereocenters. The molecule has 0 saturated carbocycles. The molecule has 2 rings (SSSR count). The molecule has 0 bridgehead atoms. The summed E-state index contributed by atoms with van der Waals surface area (Å²) in [5.74, 6) is -0.392. The lowest BCUT2D eigenvalue weighted by Crippen LogP contribution is -2.19. The van der Waals surface area contributed by atoms with Crippen LogP contribution in [0.5, 0.6) is 0 Å². The largest absolute Gasteiger partial charge is 0.452 e. The zero-order valence-corrected chi connectivity index (χ0v) is 13.6. The number of aliphatic hydroxyl groups is 1. The zero-order valence-electron chi connectivity index (χ0n) is 11.5. The van der Waals surface area contributed by atoms with Crippen LogP contribution in [-0.4, -0.2) is 21.6 Å². The SMILES string of the molecule is O=C(CC(O)CI)OC(c1ccccc1)c1ccccc1. The van der Waals surface area contributed by atoms with Crippen LogP contribution >= 0.6 is 22.6 Å². The molecule has 0 spiro atoms. The van der Waals surface area contributed by atoms with Crippen LogP contribution in [-0.2, 0) is 9.53 Å². The number of halogens is 1. The third kappa shape index (κ3) is 4.82. The molecule has 0 aliphatic heterocycles. The molecule has 2 aromatic carbocycles. The summed E-state index contributed by atoms with van der Waals surface area (Å²) >= 11 is 2.05. The molecule has 0 fully saturated rings. The predicted molar refractivity (Wildman–Crippen MR) is 90.3 cm³/mol. The first-order valence-electron chi connectivity index (χ1n) is 6.74. The van der Waals surface area contributed by atoms with Crippen LogP contribution in [0.3, 0.4) is 0 Å². The number of hydrogen-bond acceptors (Lipinski definition) is 3. The Bertz CT molecular complexity index is 517. The van der Waals surface area contributed by atoms with Gasteiger partial charge in [0.2, 0.25) is 0 Å². The molecule has 2 aromatic rings. The molecule has 0 saturated heterocycles. The van der Waals surface area contributed by atoms with Gasteiger partial charge in [-0.05, 0) is 11.1 Å². The van der Waals surface area contributed by atoms with E-state index in [2.05, 4.69) is 0 Å². The Kier molecular flexibility index (Phi) is 6.20. The molecule has 0 aliphatic rings. The fourth-order valence-electron chi connectivity index (χ4n) is 2.01. The van der Waals surface area contributed by atoms with Crippen molar-refractivity contribution in [2.24, 2.45) is 0 Å². The molecule has 4 heteroatoms. The average Bonchev–Trinajstić information content (AvgIpc) is 2.54. The lowest BCUT2D eigenvalue weighted by Gasteiger charge is -2.19. The highest BCUT2D eigenvalue weighted by atomic mass is 127. The number of carbonyl (C=O) groups is 1. The smallest absolute Gasteiger partial charge is 0.309 e. The van der Waals surface area contributed by atoms with E-state index in [4.69, 9.17) is 4.74 Å². The minimum absolute atomic E-state index is 0.0130. The van der Waals surface area contributed by atoms with Gasteiger partial charge in [0.05, 0.1) is 12.5 Å². The van der Waals surface area contributed by atoms with E-state index >= 15 is 0 Å². The summed E-state index contributed by atoms with van der Waals surface area (Å²) in [6.07, 6.45) is -1.09. The average molecular weight is 396 g/mol. The molecule has 0 amide bonds. The van der Waals surface area contributed by atoms with Crippen LogP contribution in [0.4, 0.5) is 0 Å². The second-order valence-corrected chi connectivity index (χ2v) is 5.58. The number of esters is 1. The fraction of sp³-hybridized carbons (Fsp3) is 0.235. The molecular weight excluding hydrogens is 379 g/mol. The van der Waals surface area contributed by atoms with Crippen LogP contribution in [0.2, 0.25) is 0 Å². The van der Waals surface area contributed by atoms with E-state index in [1.54, 1.807) is 0 Å². The summed E-state index contributed by atoms with van der Waals surface area (Å²) < 4.78 is 6.10. The highest BCUT2D eigenvalue weighted by molar-refractivity contribution is 14.1. The maximum atomic E-state index is 12.0. The second kappa shape index (κ2) is 8.14. The first-order valence-corrected chi connectivity index (χ1v) is 8.26. The van der Waals surface area contributed by atoms with Crippen LogP contribution in [0, 0.1) is 0 Å². The molecule has 1 N–H and O–H groups in total. The van der Waals surface area contributed by atoms with E-state index in [-0.39, 0.29) is 6.42 Å². The topological polar surface area (TPSA) is 46.5 Å². The van der Waals surface area contributed by atoms with Gasteiger partial charge in [0.15, 0.2) is 6.10 Å². The van der Waals surface area contributed by atoms with Crippen LogP contribution < -0.4 is 0 Å². The van der Waals surface area contributed by atoms with Gasteiger partial charge >= 0.3 is 5.97 Å². The third-order valence-corrected chi connectivity index (χ3v) is 4.05. The zero-order chi connectivity index (χ0) is 15.1. The number of rotatable bonds is 6. The van der Waals surface area contributed by atoms with E-state index in [1.165, 1.54) is 0 Å². The van der Waals surface area contributed by atoms with Gasteiger partial charge in [0, 0.05) is 4.43 Å². The summed E-state index contributed by atoms with van der Waals surface area (Å²) in [5.41, 5.74) is 1.84. The lowest BCUT2D eigenvalue weighted by molar-refractivity contribution is -0.149. The monoisotopic (exact) mass is 396 g/mol. The molecular formula is C17H17IO3. The second-order valence-electron chi connectivity index (χ2n) is 4.70. The predicted octanol–water partition coefficient (Wildman–Crippen LogP) is 3.51. The summed E-state index contributed by atoms with van der Waals surface area (Å²) in [6.45, 7) is 0. The van der Waals surface area contributed by atoms with Gasteiger partial charge in [0.1, 0.15) is 0 Å².